The maximum Gasteiger partial charge on any atom is 0.0901 e. The van der Waals surface area contributed by atoms with Crippen molar-refractivity contribution < 1.29 is 0 Å². The van der Waals surface area contributed by atoms with Crippen LogP contribution in [0.2, 0.25) is 0 Å². The SMILES string of the molecule is Cc1nc2c(s1)CN(C)C2. The smallest absolute Gasteiger partial charge is 0.0901 e. The number of nitrogens with zero attached hydrogens (tertiary/aromatic N) is 2. The zero-order valence-electron chi connectivity index (χ0n) is 6.22. The van der Waals surface area contributed by atoms with Gasteiger partial charge in [-0.1, -0.05) is 0 Å². The summed E-state index contributed by atoms with van der Waals surface area (Å²) in [4.78, 5) is 8.16. The van der Waals surface area contributed by atoms with Crippen molar-refractivity contribution in [2.75, 3.05) is 7.05 Å². The Morgan fingerprint density at radius 2 is 2.30 bits per heavy atom. The van der Waals surface area contributed by atoms with Gasteiger partial charge in [0, 0.05) is 18.0 Å². The first-order chi connectivity index (χ1) is 4.75. The minimum absolute atomic E-state index is 1.04. The number of hydrogen-bond acceptors (Lipinski definition) is 3. The van der Waals surface area contributed by atoms with E-state index >= 15 is 0 Å². The summed E-state index contributed by atoms with van der Waals surface area (Å²) >= 11 is 1.83. The molecule has 0 atom stereocenters. The topological polar surface area (TPSA) is 16.1 Å². The van der Waals surface area contributed by atoms with Crippen LogP contribution in [0, 0.1) is 6.92 Å². The standard InChI is InChI=1S/C7H10N2S/c1-5-8-6-3-9(2)4-7(6)10-5/h3-4H2,1-2H3. The monoisotopic (exact) mass is 154 g/mol. The van der Waals surface area contributed by atoms with Gasteiger partial charge in [-0.25, -0.2) is 4.98 Å². The average Bonchev–Trinajstić information content (AvgIpc) is 2.21. The summed E-state index contributed by atoms with van der Waals surface area (Å²) in [7, 11) is 2.13. The minimum atomic E-state index is 1.04. The summed E-state index contributed by atoms with van der Waals surface area (Å²) < 4.78 is 0. The maximum atomic E-state index is 4.42. The predicted octanol–water partition coefficient (Wildman–Crippen LogP) is 1.40. The maximum absolute atomic E-state index is 4.42. The lowest BCUT2D eigenvalue weighted by atomic mass is 10.4. The Morgan fingerprint density at radius 3 is 3.00 bits per heavy atom. The molecule has 2 nitrogen and oxygen atoms in total. The lowest BCUT2D eigenvalue weighted by Crippen LogP contribution is -2.08. The molecule has 1 aromatic rings. The van der Waals surface area contributed by atoms with E-state index in [1.54, 1.807) is 0 Å². The molecule has 0 aromatic carbocycles. The van der Waals surface area contributed by atoms with Gasteiger partial charge in [-0.3, -0.25) is 4.90 Å². The number of aromatic nitrogens is 1. The third kappa shape index (κ3) is 0.859. The highest BCUT2D eigenvalue weighted by molar-refractivity contribution is 7.11. The zero-order valence-corrected chi connectivity index (χ0v) is 7.03. The molecule has 1 aromatic heterocycles. The first-order valence-electron chi connectivity index (χ1n) is 3.39. The molecule has 3 heteroatoms. The number of hydrogen-bond donors (Lipinski definition) is 0. The van der Waals surface area contributed by atoms with Gasteiger partial charge in [-0.15, -0.1) is 11.3 Å². The summed E-state index contributed by atoms with van der Waals surface area (Å²) in [5.41, 5.74) is 1.30. The highest BCUT2D eigenvalue weighted by atomic mass is 32.1. The highest BCUT2D eigenvalue weighted by Crippen LogP contribution is 2.25. The molecule has 54 valence electrons. The van der Waals surface area contributed by atoms with E-state index in [1.165, 1.54) is 15.6 Å². The van der Waals surface area contributed by atoms with E-state index in [4.69, 9.17) is 0 Å². The second-order valence-corrected chi connectivity index (χ2v) is 4.06. The zero-order chi connectivity index (χ0) is 7.14. The molecule has 0 spiro atoms. The van der Waals surface area contributed by atoms with Crippen molar-refractivity contribution in [3.8, 4) is 0 Å². The van der Waals surface area contributed by atoms with Gasteiger partial charge < -0.3 is 0 Å². The number of thiazole rings is 1. The third-order valence-electron chi connectivity index (χ3n) is 1.72. The van der Waals surface area contributed by atoms with Crippen LogP contribution in [0.1, 0.15) is 15.6 Å². The molecular formula is C7H10N2S. The van der Waals surface area contributed by atoms with E-state index < -0.39 is 0 Å². The number of rotatable bonds is 0. The van der Waals surface area contributed by atoms with Crippen LogP contribution in [0.3, 0.4) is 0 Å². The third-order valence-corrected chi connectivity index (χ3v) is 2.72. The van der Waals surface area contributed by atoms with Crippen molar-refractivity contribution in [3.63, 3.8) is 0 Å². The second-order valence-electron chi connectivity index (χ2n) is 2.78. The fraction of sp³-hybridized carbons (Fsp3) is 0.571. The normalized spacial score (nSPS) is 17.8. The van der Waals surface area contributed by atoms with Gasteiger partial charge in [-0.05, 0) is 14.0 Å². The predicted molar refractivity (Wildman–Crippen MR) is 42.0 cm³/mol. The van der Waals surface area contributed by atoms with E-state index in [-0.39, 0.29) is 0 Å². The molecule has 0 saturated heterocycles. The van der Waals surface area contributed by atoms with Crippen LogP contribution in [0.25, 0.3) is 0 Å². The second kappa shape index (κ2) is 2.04. The lowest BCUT2D eigenvalue weighted by Gasteiger charge is -2.03. The number of fused-ring (bicyclic) bond motifs is 1. The van der Waals surface area contributed by atoms with Gasteiger partial charge in [-0.2, -0.15) is 0 Å². The van der Waals surface area contributed by atoms with Crippen LogP contribution in [0.15, 0.2) is 0 Å². The lowest BCUT2D eigenvalue weighted by molar-refractivity contribution is 0.352. The molecule has 0 amide bonds. The number of aryl methyl sites for hydroxylation is 1. The first kappa shape index (κ1) is 6.31. The van der Waals surface area contributed by atoms with E-state index in [0.717, 1.165) is 13.1 Å². The average molecular weight is 154 g/mol. The van der Waals surface area contributed by atoms with Crippen molar-refractivity contribution >= 4 is 11.3 Å². The minimum Gasteiger partial charge on any atom is -0.295 e. The van der Waals surface area contributed by atoms with Crippen LogP contribution in [0.5, 0.6) is 0 Å². The van der Waals surface area contributed by atoms with Crippen molar-refractivity contribution in [2.24, 2.45) is 0 Å². The molecule has 0 bridgehead atoms. The van der Waals surface area contributed by atoms with E-state index in [0.29, 0.717) is 0 Å². The van der Waals surface area contributed by atoms with Gasteiger partial charge in [0.15, 0.2) is 0 Å². The van der Waals surface area contributed by atoms with E-state index in [1.807, 2.05) is 11.3 Å². The Kier molecular flexibility index (Phi) is 1.28. The van der Waals surface area contributed by atoms with E-state index in [2.05, 4.69) is 23.9 Å². The molecule has 0 N–H and O–H groups in total. The first-order valence-corrected chi connectivity index (χ1v) is 4.21. The van der Waals surface area contributed by atoms with Crippen molar-refractivity contribution in [1.82, 2.24) is 9.88 Å². The van der Waals surface area contributed by atoms with E-state index in [9.17, 15) is 0 Å². The van der Waals surface area contributed by atoms with Crippen LogP contribution in [-0.2, 0) is 13.1 Å². The molecule has 0 fully saturated rings. The summed E-state index contributed by atoms with van der Waals surface area (Å²) in [5.74, 6) is 0. The van der Waals surface area contributed by atoms with Gasteiger partial charge in [0.2, 0.25) is 0 Å². The molecule has 0 aliphatic carbocycles. The molecule has 1 aliphatic rings. The molecule has 1 aliphatic heterocycles. The molecule has 10 heavy (non-hydrogen) atoms. The summed E-state index contributed by atoms with van der Waals surface area (Å²) in [6.07, 6.45) is 0. The quantitative estimate of drug-likeness (QED) is 0.561. The molecular weight excluding hydrogens is 144 g/mol. The Labute approximate surface area is 64.5 Å². The van der Waals surface area contributed by atoms with Gasteiger partial charge in [0.05, 0.1) is 10.7 Å². The largest absolute Gasteiger partial charge is 0.295 e. The van der Waals surface area contributed by atoms with Crippen LogP contribution < -0.4 is 0 Å². The molecule has 0 radical (unpaired) electrons. The van der Waals surface area contributed by atoms with Gasteiger partial charge in [0.1, 0.15) is 0 Å². The van der Waals surface area contributed by atoms with Gasteiger partial charge >= 0.3 is 0 Å². The summed E-state index contributed by atoms with van der Waals surface area (Å²) in [6.45, 7) is 4.21. The molecule has 2 rings (SSSR count). The van der Waals surface area contributed by atoms with Crippen LogP contribution in [0.4, 0.5) is 0 Å². The van der Waals surface area contributed by atoms with Crippen molar-refractivity contribution in [2.45, 2.75) is 20.0 Å². The molecule has 2 heterocycles. The Morgan fingerprint density at radius 1 is 1.50 bits per heavy atom. The van der Waals surface area contributed by atoms with Crippen molar-refractivity contribution in [3.05, 3.63) is 15.6 Å². The molecule has 0 saturated carbocycles. The van der Waals surface area contributed by atoms with Gasteiger partial charge in [0.25, 0.3) is 0 Å². The Bertz CT molecular complexity index is 231. The molecule has 0 unspecified atom stereocenters. The Balaban J connectivity index is 2.39. The van der Waals surface area contributed by atoms with Crippen LogP contribution >= 0.6 is 11.3 Å². The van der Waals surface area contributed by atoms with Crippen molar-refractivity contribution in [1.29, 1.82) is 0 Å². The fourth-order valence-corrected chi connectivity index (χ4v) is 2.34. The summed E-state index contributed by atoms with van der Waals surface area (Å²) in [6, 6.07) is 0. The highest BCUT2D eigenvalue weighted by Gasteiger charge is 2.18. The Hall–Kier alpha value is -0.410. The van der Waals surface area contributed by atoms with Crippen LogP contribution in [-0.4, -0.2) is 16.9 Å². The summed E-state index contributed by atoms with van der Waals surface area (Å²) in [5, 5.41) is 1.21. The fourth-order valence-electron chi connectivity index (χ4n) is 1.32.